The Morgan fingerprint density at radius 2 is 1.78 bits per heavy atom. The van der Waals surface area contributed by atoms with Crippen LogP contribution in [0.25, 0.3) is 0 Å². The minimum atomic E-state index is -0.226. The molecule has 0 bridgehead atoms. The SMILES string of the molecule is CCOC(=O)N1CCC(NC(=NC)NCc2ccccc2OCc2ccccc2)CC1.I. The normalized spacial score (nSPS) is 14.3. The second-order valence-electron chi connectivity index (χ2n) is 7.41. The summed E-state index contributed by atoms with van der Waals surface area (Å²) in [5.74, 6) is 1.60. The van der Waals surface area contributed by atoms with Gasteiger partial charge in [-0.3, -0.25) is 4.99 Å². The van der Waals surface area contributed by atoms with Crippen molar-refractivity contribution in [1.29, 1.82) is 0 Å². The van der Waals surface area contributed by atoms with Crippen LogP contribution in [-0.2, 0) is 17.9 Å². The van der Waals surface area contributed by atoms with Crippen molar-refractivity contribution in [3.63, 3.8) is 0 Å². The number of carbonyl (C=O) groups excluding carboxylic acids is 1. The van der Waals surface area contributed by atoms with Crippen LogP contribution in [0.1, 0.15) is 30.9 Å². The van der Waals surface area contributed by atoms with Crippen LogP contribution in [0.3, 0.4) is 0 Å². The van der Waals surface area contributed by atoms with E-state index in [0.29, 0.717) is 32.8 Å². The van der Waals surface area contributed by atoms with Crippen LogP contribution in [0.2, 0.25) is 0 Å². The molecule has 7 nitrogen and oxygen atoms in total. The standard InChI is InChI=1S/C24H32N4O3.HI/c1-3-30-24(29)28-15-13-21(14-16-28)27-23(25-2)26-17-20-11-7-8-12-22(20)31-18-19-9-5-4-6-10-19;/h4-12,21H,3,13-18H2,1-2H3,(H2,25,26,27);1H. The van der Waals surface area contributed by atoms with Gasteiger partial charge in [0.2, 0.25) is 0 Å². The van der Waals surface area contributed by atoms with Gasteiger partial charge in [-0.2, -0.15) is 0 Å². The second-order valence-corrected chi connectivity index (χ2v) is 7.41. The highest BCUT2D eigenvalue weighted by atomic mass is 127. The van der Waals surface area contributed by atoms with Crippen molar-refractivity contribution < 1.29 is 14.3 Å². The molecule has 1 amide bonds. The molecule has 2 N–H and O–H groups in total. The van der Waals surface area contributed by atoms with Crippen LogP contribution in [0.5, 0.6) is 5.75 Å². The van der Waals surface area contributed by atoms with Gasteiger partial charge in [0.15, 0.2) is 5.96 Å². The van der Waals surface area contributed by atoms with Crippen molar-refractivity contribution in [1.82, 2.24) is 15.5 Å². The first-order valence-electron chi connectivity index (χ1n) is 10.8. The van der Waals surface area contributed by atoms with Gasteiger partial charge >= 0.3 is 6.09 Å². The number of nitrogens with zero attached hydrogens (tertiary/aromatic N) is 2. The minimum absolute atomic E-state index is 0. The summed E-state index contributed by atoms with van der Waals surface area (Å²) in [7, 11) is 1.76. The maximum atomic E-state index is 11.9. The first kappa shape index (κ1) is 25.8. The Bertz CT molecular complexity index is 855. The molecule has 0 radical (unpaired) electrons. The topological polar surface area (TPSA) is 75.2 Å². The Labute approximate surface area is 207 Å². The zero-order chi connectivity index (χ0) is 21.9. The molecule has 0 aromatic heterocycles. The fourth-order valence-corrected chi connectivity index (χ4v) is 3.51. The highest BCUT2D eigenvalue weighted by molar-refractivity contribution is 14.0. The van der Waals surface area contributed by atoms with Gasteiger partial charge in [-0.15, -0.1) is 24.0 Å². The van der Waals surface area contributed by atoms with Crippen molar-refractivity contribution in [2.45, 2.75) is 39.0 Å². The van der Waals surface area contributed by atoms with Crippen LogP contribution >= 0.6 is 24.0 Å². The number of rotatable bonds is 7. The van der Waals surface area contributed by atoms with E-state index in [4.69, 9.17) is 9.47 Å². The lowest BCUT2D eigenvalue weighted by Gasteiger charge is -2.32. The molecule has 1 saturated heterocycles. The maximum absolute atomic E-state index is 11.9. The number of benzene rings is 2. The monoisotopic (exact) mass is 552 g/mol. The summed E-state index contributed by atoms with van der Waals surface area (Å²) in [6.45, 7) is 4.74. The molecule has 1 aliphatic heterocycles. The van der Waals surface area contributed by atoms with Gasteiger partial charge in [0.05, 0.1) is 6.61 Å². The summed E-state index contributed by atoms with van der Waals surface area (Å²) in [4.78, 5) is 18.0. The quantitative estimate of drug-likeness (QED) is 0.307. The lowest BCUT2D eigenvalue weighted by molar-refractivity contribution is 0.0963. The average molecular weight is 552 g/mol. The average Bonchev–Trinajstić information content (AvgIpc) is 2.82. The summed E-state index contributed by atoms with van der Waals surface area (Å²) in [6, 6.07) is 18.4. The Kier molecular flexibility index (Phi) is 11.1. The molecule has 174 valence electrons. The van der Waals surface area contributed by atoms with Gasteiger partial charge < -0.3 is 25.0 Å². The maximum Gasteiger partial charge on any atom is 0.409 e. The van der Waals surface area contributed by atoms with Crippen molar-refractivity contribution >= 4 is 36.0 Å². The third-order valence-corrected chi connectivity index (χ3v) is 5.24. The van der Waals surface area contributed by atoms with Gasteiger partial charge in [-0.05, 0) is 31.4 Å². The van der Waals surface area contributed by atoms with E-state index in [1.54, 1.807) is 11.9 Å². The van der Waals surface area contributed by atoms with E-state index in [2.05, 4.69) is 33.8 Å². The molecule has 0 spiro atoms. The third kappa shape index (κ3) is 7.89. The number of halogens is 1. The Morgan fingerprint density at radius 3 is 2.47 bits per heavy atom. The Balaban J connectivity index is 0.00000363. The second kappa shape index (κ2) is 13.8. The number of ether oxygens (including phenoxy) is 2. The summed E-state index contributed by atoms with van der Waals surface area (Å²) < 4.78 is 11.1. The van der Waals surface area contributed by atoms with Crippen LogP contribution in [0.4, 0.5) is 4.79 Å². The van der Waals surface area contributed by atoms with Crippen LogP contribution < -0.4 is 15.4 Å². The number of para-hydroxylation sites is 1. The molecule has 1 aliphatic rings. The van der Waals surface area contributed by atoms with Crippen molar-refractivity contribution in [3.05, 3.63) is 65.7 Å². The zero-order valence-electron chi connectivity index (χ0n) is 18.8. The number of nitrogens with one attached hydrogen (secondary N) is 2. The number of aliphatic imine (C=N–C) groups is 1. The number of amides is 1. The fraction of sp³-hybridized carbons (Fsp3) is 0.417. The van der Waals surface area contributed by atoms with Gasteiger partial charge in [0.1, 0.15) is 12.4 Å². The molecule has 3 rings (SSSR count). The zero-order valence-corrected chi connectivity index (χ0v) is 21.1. The number of hydrogen-bond donors (Lipinski definition) is 2. The molecule has 32 heavy (non-hydrogen) atoms. The molecule has 2 aromatic carbocycles. The van der Waals surface area contributed by atoms with E-state index < -0.39 is 0 Å². The molecular formula is C24H33IN4O3. The van der Waals surface area contributed by atoms with E-state index in [1.807, 2.05) is 43.3 Å². The smallest absolute Gasteiger partial charge is 0.409 e. The minimum Gasteiger partial charge on any atom is -0.489 e. The van der Waals surface area contributed by atoms with Crippen LogP contribution in [0, 0.1) is 0 Å². The largest absolute Gasteiger partial charge is 0.489 e. The van der Waals surface area contributed by atoms with Crippen LogP contribution in [-0.4, -0.2) is 49.7 Å². The lowest BCUT2D eigenvalue weighted by atomic mass is 10.1. The van der Waals surface area contributed by atoms with Gasteiger partial charge in [0.25, 0.3) is 0 Å². The number of piperidine rings is 1. The molecule has 1 heterocycles. The number of guanidine groups is 1. The summed E-state index contributed by atoms with van der Waals surface area (Å²) in [5.41, 5.74) is 2.20. The highest BCUT2D eigenvalue weighted by Crippen LogP contribution is 2.19. The number of likely N-dealkylation sites (tertiary alicyclic amines) is 1. The van der Waals surface area contributed by atoms with E-state index >= 15 is 0 Å². The molecule has 0 unspecified atom stereocenters. The fourth-order valence-electron chi connectivity index (χ4n) is 3.51. The third-order valence-electron chi connectivity index (χ3n) is 5.24. The predicted molar refractivity (Wildman–Crippen MR) is 138 cm³/mol. The molecule has 1 fully saturated rings. The van der Waals surface area contributed by atoms with Crippen molar-refractivity contribution in [2.75, 3.05) is 26.7 Å². The molecular weight excluding hydrogens is 519 g/mol. The van der Waals surface area contributed by atoms with Gasteiger partial charge in [-0.25, -0.2) is 4.79 Å². The van der Waals surface area contributed by atoms with Crippen molar-refractivity contribution in [2.24, 2.45) is 4.99 Å². The Morgan fingerprint density at radius 1 is 1.09 bits per heavy atom. The van der Waals surface area contributed by atoms with Crippen molar-refractivity contribution in [3.8, 4) is 5.75 Å². The van der Waals surface area contributed by atoms with Gasteiger partial charge in [-0.1, -0.05) is 48.5 Å². The molecule has 0 atom stereocenters. The van der Waals surface area contributed by atoms with E-state index in [-0.39, 0.29) is 36.1 Å². The van der Waals surface area contributed by atoms with E-state index in [1.165, 1.54) is 0 Å². The van der Waals surface area contributed by atoms with Gasteiger partial charge in [0, 0.05) is 38.3 Å². The van der Waals surface area contributed by atoms with E-state index in [0.717, 1.165) is 35.7 Å². The predicted octanol–water partition coefficient (Wildman–Crippen LogP) is 4.17. The first-order chi connectivity index (χ1) is 15.2. The summed E-state index contributed by atoms with van der Waals surface area (Å²) in [5, 5.41) is 6.84. The number of hydrogen-bond acceptors (Lipinski definition) is 4. The molecule has 8 heteroatoms. The first-order valence-corrected chi connectivity index (χ1v) is 10.8. The molecule has 0 aliphatic carbocycles. The van der Waals surface area contributed by atoms with Crippen LogP contribution in [0.15, 0.2) is 59.6 Å². The van der Waals surface area contributed by atoms with E-state index in [9.17, 15) is 4.79 Å². The lowest BCUT2D eigenvalue weighted by Crippen LogP contribution is -2.49. The highest BCUT2D eigenvalue weighted by Gasteiger charge is 2.24. The Hall–Kier alpha value is -2.49. The summed E-state index contributed by atoms with van der Waals surface area (Å²) >= 11 is 0. The summed E-state index contributed by atoms with van der Waals surface area (Å²) in [6.07, 6.45) is 1.49. The number of carbonyl (C=O) groups is 1. The molecule has 0 saturated carbocycles. The molecule has 2 aromatic rings.